The number of non-ortho nitro benzene ring substituents is 1. The van der Waals surface area contributed by atoms with Crippen molar-refractivity contribution >= 4 is 17.4 Å². The van der Waals surface area contributed by atoms with Gasteiger partial charge < -0.3 is 10.1 Å². The molecule has 0 atom stereocenters. The highest BCUT2D eigenvalue weighted by molar-refractivity contribution is 5.91. The highest BCUT2D eigenvalue weighted by atomic mass is 16.6. The standard InChI is InChI=1S/C18H21N3O4/c1-13(2)19-18(22)20(3)15-7-9-17(10-8-15)25-12-14-5-4-6-16(11-14)21(23)24/h4-11,13H,12H2,1-3H3,(H,19,22). The van der Waals surface area contributed by atoms with Crippen molar-refractivity contribution in [3.8, 4) is 5.75 Å². The van der Waals surface area contributed by atoms with Crippen LogP contribution in [0, 0.1) is 10.1 Å². The lowest BCUT2D eigenvalue weighted by Crippen LogP contribution is -2.40. The summed E-state index contributed by atoms with van der Waals surface area (Å²) in [6, 6.07) is 13.3. The molecule has 0 bridgehead atoms. The van der Waals surface area contributed by atoms with E-state index in [1.165, 1.54) is 17.0 Å². The van der Waals surface area contributed by atoms with E-state index >= 15 is 0 Å². The van der Waals surface area contributed by atoms with Gasteiger partial charge in [-0.3, -0.25) is 15.0 Å². The smallest absolute Gasteiger partial charge is 0.321 e. The number of urea groups is 1. The summed E-state index contributed by atoms with van der Waals surface area (Å²) in [4.78, 5) is 23.8. The van der Waals surface area contributed by atoms with E-state index in [9.17, 15) is 14.9 Å². The second-order valence-corrected chi connectivity index (χ2v) is 5.87. The number of rotatable bonds is 6. The number of amides is 2. The van der Waals surface area contributed by atoms with Crippen LogP contribution in [-0.4, -0.2) is 24.0 Å². The predicted molar refractivity (Wildman–Crippen MR) is 95.9 cm³/mol. The van der Waals surface area contributed by atoms with Crippen LogP contribution in [0.3, 0.4) is 0 Å². The minimum absolute atomic E-state index is 0.0363. The highest BCUT2D eigenvalue weighted by Crippen LogP contribution is 2.20. The van der Waals surface area contributed by atoms with Gasteiger partial charge in [-0.25, -0.2) is 4.79 Å². The van der Waals surface area contributed by atoms with E-state index < -0.39 is 4.92 Å². The summed E-state index contributed by atoms with van der Waals surface area (Å²) in [6.45, 7) is 4.03. The maximum atomic E-state index is 12.0. The number of ether oxygens (including phenoxy) is 1. The molecule has 2 amide bonds. The van der Waals surface area contributed by atoms with Crippen molar-refractivity contribution in [2.75, 3.05) is 11.9 Å². The summed E-state index contributed by atoms with van der Waals surface area (Å²) in [6.07, 6.45) is 0. The number of hydrogen-bond donors (Lipinski definition) is 1. The quantitative estimate of drug-likeness (QED) is 0.640. The average molecular weight is 343 g/mol. The first-order valence-corrected chi connectivity index (χ1v) is 7.87. The molecule has 2 aromatic carbocycles. The third-order valence-electron chi connectivity index (χ3n) is 3.47. The Balaban J connectivity index is 1.97. The SMILES string of the molecule is CC(C)NC(=O)N(C)c1ccc(OCc2cccc([N+](=O)[O-])c2)cc1. The Morgan fingerprint density at radius 2 is 1.92 bits per heavy atom. The first-order chi connectivity index (χ1) is 11.9. The Morgan fingerprint density at radius 3 is 2.52 bits per heavy atom. The Labute approximate surface area is 146 Å². The monoisotopic (exact) mass is 343 g/mol. The van der Waals surface area contributed by atoms with Gasteiger partial charge in [0.1, 0.15) is 12.4 Å². The van der Waals surface area contributed by atoms with Gasteiger partial charge >= 0.3 is 6.03 Å². The van der Waals surface area contributed by atoms with Crippen LogP contribution in [-0.2, 0) is 6.61 Å². The van der Waals surface area contributed by atoms with Crippen LogP contribution in [0.4, 0.5) is 16.2 Å². The lowest BCUT2D eigenvalue weighted by Gasteiger charge is -2.20. The van der Waals surface area contributed by atoms with Gasteiger partial charge in [-0.2, -0.15) is 0 Å². The van der Waals surface area contributed by atoms with Gasteiger partial charge in [0.2, 0.25) is 0 Å². The van der Waals surface area contributed by atoms with Crippen LogP contribution < -0.4 is 15.0 Å². The van der Waals surface area contributed by atoms with Gasteiger partial charge in [0, 0.05) is 30.9 Å². The fourth-order valence-corrected chi connectivity index (χ4v) is 2.15. The van der Waals surface area contributed by atoms with Crippen LogP contribution in [0.15, 0.2) is 48.5 Å². The zero-order valence-corrected chi connectivity index (χ0v) is 14.4. The molecule has 0 aliphatic carbocycles. The lowest BCUT2D eigenvalue weighted by atomic mass is 10.2. The van der Waals surface area contributed by atoms with E-state index in [-0.39, 0.29) is 24.4 Å². The fourth-order valence-electron chi connectivity index (χ4n) is 2.15. The van der Waals surface area contributed by atoms with Crippen LogP contribution in [0.25, 0.3) is 0 Å². The number of nitrogens with one attached hydrogen (secondary N) is 1. The molecular weight excluding hydrogens is 322 g/mol. The van der Waals surface area contributed by atoms with Crippen LogP contribution >= 0.6 is 0 Å². The Bertz CT molecular complexity index is 744. The van der Waals surface area contributed by atoms with E-state index in [0.717, 1.165) is 5.69 Å². The van der Waals surface area contributed by atoms with Crippen LogP contribution in [0.2, 0.25) is 0 Å². The van der Waals surface area contributed by atoms with Crippen molar-refractivity contribution < 1.29 is 14.5 Å². The number of benzene rings is 2. The Hall–Kier alpha value is -3.09. The molecule has 0 fully saturated rings. The molecule has 2 aromatic rings. The molecule has 0 spiro atoms. The highest BCUT2D eigenvalue weighted by Gasteiger charge is 2.11. The summed E-state index contributed by atoms with van der Waals surface area (Å²) < 4.78 is 5.64. The minimum atomic E-state index is -0.434. The number of nitro benzene ring substituents is 1. The molecule has 0 aliphatic heterocycles. The second-order valence-electron chi connectivity index (χ2n) is 5.87. The number of nitrogens with zero attached hydrogens (tertiary/aromatic N) is 2. The first-order valence-electron chi connectivity index (χ1n) is 7.87. The summed E-state index contributed by atoms with van der Waals surface area (Å²) >= 11 is 0. The van der Waals surface area contributed by atoms with Crippen molar-refractivity contribution in [2.45, 2.75) is 26.5 Å². The Kier molecular flexibility index (Phi) is 5.94. The molecule has 0 aliphatic rings. The number of carbonyl (C=O) groups is 1. The minimum Gasteiger partial charge on any atom is -0.489 e. The molecule has 132 valence electrons. The van der Waals surface area contributed by atoms with Gasteiger partial charge in [-0.1, -0.05) is 12.1 Å². The average Bonchev–Trinajstić information content (AvgIpc) is 2.59. The first kappa shape index (κ1) is 18.3. The van der Waals surface area contributed by atoms with Gasteiger partial charge in [-0.15, -0.1) is 0 Å². The zero-order valence-electron chi connectivity index (χ0n) is 14.4. The molecular formula is C18H21N3O4. The molecule has 0 aromatic heterocycles. The van der Waals surface area contributed by atoms with Crippen molar-refractivity contribution in [3.05, 3.63) is 64.2 Å². The van der Waals surface area contributed by atoms with E-state index in [1.807, 2.05) is 13.8 Å². The molecule has 25 heavy (non-hydrogen) atoms. The molecule has 0 radical (unpaired) electrons. The molecule has 0 saturated heterocycles. The van der Waals surface area contributed by atoms with Crippen molar-refractivity contribution in [2.24, 2.45) is 0 Å². The molecule has 2 rings (SSSR count). The van der Waals surface area contributed by atoms with Crippen molar-refractivity contribution in [3.63, 3.8) is 0 Å². The molecule has 7 heteroatoms. The molecule has 0 unspecified atom stereocenters. The third-order valence-corrected chi connectivity index (χ3v) is 3.47. The van der Waals surface area contributed by atoms with Gasteiger partial charge in [0.15, 0.2) is 0 Å². The molecule has 7 nitrogen and oxygen atoms in total. The maximum Gasteiger partial charge on any atom is 0.321 e. The van der Waals surface area contributed by atoms with Gasteiger partial charge in [0.05, 0.1) is 4.92 Å². The second kappa shape index (κ2) is 8.14. The van der Waals surface area contributed by atoms with E-state index in [1.54, 1.807) is 43.4 Å². The summed E-state index contributed by atoms with van der Waals surface area (Å²) in [5.74, 6) is 0.618. The Morgan fingerprint density at radius 1 is 1.24 bits per heavy atom. The number of nitro groups is 1. The van der Waals surface area contributed by atoms with Gasteiger partial charge in [0.25, 0.3) is 5.69 Å². The molecule has 0 saturated carbocycles. The topological polar surface area (TPSA) is 84.7 Å². The fraction of sp³-hybridized carbons (Fsp3) is 0.278. The third kappa shape index (κ3) is 5.20. The van der Waals surface area contributed by atoms with Crippen molar-refractivity contribution in [1.29, 1.82) is 0 Å². The number of anilines is 1. The van der Waals surface area contributed by atoms with E-state index in [0.29, 0.717) is 11.3 Å². The zero-order chi connectivity index (χ0) is 18.4. The summed E-state index contributed by atoms with van der Waals surface area (Å²) in [5.41, 5.74) is 1.49. The lowest BCUT2D eigenvalue weighted by molar-refractivity contribution is -0.384. The number of hydrogen-bond acceptors (Lipinski definition) is 4. The van der Waals surface area contributed by atoms with E-state index in [2.05, 4.69) is 5.32 Å². The predicted octanol–water partition coefficient (Wildman–Crippen LogP) is 3.73. The normalized spacial score (nSPS) is 10.4. The largest absolute Gasteiger partial charge is 0.489 e. The number of carbonyl (C=O) groups excluding carboxylic acids is 1. The van der Waals surface area contributed by atoms with Crippen LogP contribution in [0.5, 0.6) is 5.75 Å². The summed E-state index contributed by atoms with van der Waals surface area (Å²) in [5, 5.41) is 13.6. The summed E-state index contributed by atoms with van der Waals surface area (Å²) in [7, 11) is 1.69. The van der Waals surface area contributed by atoms with E-state index in [4.69, 9.17) is 4.74 Å². The van der Waals surface area contributed by atoms with Crippen LogP contribution in [0.1, 0.15) is 19.4 Å². The molecule has 1 N–H and O–H groups in total. The molecule has 0 heterocycles. The van der Waals surface area contributed by atoms with Gasteiger partial charge in [-0.05, 0) is 43.7 Å². The van der Waals surface area contributed by atoms with Crippen molar-refractivity contribution in [1.82, 2.24) is 5.32 Å². The maximum absolute atomic E-state index is 12.0.